The zero-order valence-corrected chi connectivity index (χ0v) is 16.2. The summed E-state index contributed by atoms with van der Waals surface area (Å²) in [6, 6.07) is 12.2. The minimum absolute atomic E-state index is 0.154. The average Bonchev–Trinajstić information content (AvgIpc) is 2.80. The molecule has 0 spiro atoms. The maximum atomic E-state index is 13.2. The van der Waals surface area contributed by atoms with E-state index in [-0.39, 0.29) is 43.2 Å². The molecule has 0 saturated carbocycles. The summed E-state index contributed by atoms with van der Waals surface area (Å²) in [6.45, 7) is 1.28. The summed E-state index contributed by atoms with van der Waals surface area (Å²) >= 11 is 0. The van der Waals surface area contributed by atoms with Crippen molar-refractivity contribution in [1.82, 2.24) is 4.90 Å². The van der Waals surface area contributed by atoms with Crippen LogP contribution in [-0.4, -0.2) is 48.9 Å². The van der Waals surface area contributed by atoms with Crippen molar-refractivity contribution in [1.29, 1.82) is 0 Å². The molecule has 1 aliphatic heterocycles. The van der Waals surface area contributed by atoms with Crippen molar-refractivity contribution in [2.45, 2.75) is 19.4 Å². The lowest BCUT2D eigenvalue weighted by molar-refractivity contribution is -0.135. The monoisotopic (exact) mass is 399 g/mol. The number of ether oxygens (including phenoxy) is 1. The molecule has 0 aromatic heterocycles. The molecule has 3 rings (SSSR count). The van der Waals surface area contributed by atoms with Gasteiger partial charge in [-0.3, -0.25) is 14.4 Å². The molecule has 0 saturated heterocycles. The van der Waals surface area contributed by atoms with Gasteiger partial charge in [-0.05, 0) is 31.2 Å². The molecule has 1 N–H and O–H groups in total. The van der Waals surface area contributed by atoms with E-state index in [1.54, 1.807) is 37.3 Å². The van der Waals surface area contributed by atoms with Crippen molar-refractivity contribution < 1.29 is 23.5 Å². The zero-order valence-electron chi connectivity index (χ0n) is 16.2. The number of amides is 3. The van der Waals surface area contributed by atoms with E-state index in [1.165, 1.54) is 35.0 Å². The molecule has 3 amide bonds. The number of fused-ring (bicyclic) bond motifs is 1. The van der Waals surface area contributed by atoms with Gasteiger partial charge in [0.2, 0.25) is 11.8 Å². The molecule has 8 heteroatoms. The zero-order chi connectivity index (χ0) is 21.0. The predicted octanol–water partition coefficient (Wildman–Crippen LogP) is 2.43. The van der Waals surface area contributed by atoms with Gasteiger partial charge in [-0.2, -0.15) is 0 Å². The molecule has 1 aliphatic rings. The van der Waals surface area contributed by atoms with Crippen LogP contribution in [0.15, 0.2) is 48.5 Å². The fourth-order valence-corrected chi connectivity index (χ4v) is 3.15. The summed E-state index contributed by atoms with van der Waals surface area (Å²) in [4.78, 5) is 40.1. The van der Waals surface area contributed by atoms with Gasteiger partial charge in [0.15, 0.2) is 6.61 Å². The van der Waals surface area contributed by atoms with E-state index in [2.05, 4.69) is 5.32 Å². The maximum Gasteiger partial charge on any atom is 0.260 e. The molecule has 0 bridgehead atoms. The first kappa shape index (κ1) is 20.3. The SMILES string of the molecule is CC1CC(=O)Nc2ccccc2N1C(=O)CN(C)C(=O)COc1cccc(F)c1. The highest BCUT2D eigenvalue weighted by atomic mass is 19.1. The molecule has 7 nitrogen and oxygen atoms in total. The smallest absolute Gasteiger partial charge is 0.260 e. The lowest BCUT2D eigenvalue weighted by Crippen LogP contribution is -2.46. The Balaban J connectivity index is 1.66. The van der Waals surface area contributed by atoms with Crippen molar-refractivity contribution in [2.24, 2.45) is 0 Å². The number of anilines is 2. The van der Waals surface area contributed by atoms with Crippen molar-refractivity contribution >= 4 is 29.1 Å². The van der Waals surface area contributed by atoms with E-state index < -0.39 is 11.7 Å². The number of carbonyl (C=O) groups excluding carboxylic acids is 3. The molecular weight excluding hydrogens is 377 g/mol. The standard InChI is InChI=1S/C21H22FN3O4/c1-14-10-19(26)23-17-8-3-4-9-18(17)25(14)20(27)12-24(2)21(28)13-29-16-7-5-6-15(22)11-16/h3-9,11,14H,10,12-13H2,1-2H3,(H,23,26). The van der Waals surface area contributed by atoms with Gasteiger partial charge in [-0.25, -0.2) is 4.39 Å². The van der Waals surface area contributed by atoms with E-state index >= 15 is 0 Å². The van der Waals surface area contributed by atoms with Crippen LogP contribution < -0.4 is 15.0 Å². The number of halogens is 1. The summed E-state index contributed by atoms with van der Waals surface area (Å²) in [5.74, 6) is -1.14. The van der Waals surface area contributed by atoms with Crippen LogP contribution in [0.2, 0.25) is 0 Å². The molecule has 2 aromatic rings. The second-order valence-corrected chi connectivity index (χ2v) is 6.88. The number of hydrogen-bond acceptors (Lipinski definition) is 4. The van der Waals surface area contributed by atoms with Crippen molar-refractivity contribution in [3.05, 3.63) is 54.3 Å². The lowest BCUT2D eigenvalue weighted by Gasteiger charge is -2.29. The van der Waals surface area contributed by atoms with Crippen LogP contribution in [0.4, 0.5) is 15.8 Å². The Morgan fingerprint density at radius 2 is 2.00 bits per heavy atom. The van der Waals surface area contributed by atoms with Crippen LogP contribution in [0.3, 0.4) is 0 Å². The first-order valence-electron chi connectivity index (χ1n) is 9.18. The highest BCUT2D eigenvalue weighted by Crippen LogP contribution is 2.31. The molecule has 2 aromatic carbocycles. The number of rotatable bonds is 5. The highest BCUT2D eigenvalue weighted by molar-refractivity contribution is 6.05. The molecule has 0 aliphatic carbocycles. The van der Waals surface area contributed by atoms with Crippen LogP contribution in [0, 0.1) is 5.82 Å². The summed E-state index contributed by atoms with van der Waals surface area (Å²) in [6.07, 6.45) is 0.154. The van der Waals surface area contributed by atoms with Crippen LogP contribution in [0.25, 0.3) is 0 Å². The van der Waals surface area contributed by atoms with E-state index in [4.69, 9.17) is 4.74 Å². The first-order valence-corrected chi connectivity index (χ1v) is 9.18. The molecule has 1 atom stereocenters. The number of benzene rings is 2. The van der Waals surface area contributed by atoms with Gasteiger partial charge in [0.05, 0.1) is 17.9 Å². The predicted molar refractivity (Wildman–Crippen MR) is 106 cm³/mol. The number of nitrogens with one attached hydrogen (secondary N) is 1. The Morgan fingerprint density at radius 3 is 2.76 bits per heavy atom. The fraction of sp³-hybridized carbons (Fsp3) is 0.286. The summed E-state index contributed by atoms with van der Waals surface area (Å²) in [7, 11) is 1.49. The van der Waals surface area contributed by atoms with Gasteiger partial charge in [0.25, 0.3) is 5.91 Å². The Hall–Kier alpha value is -3.42. The van der Waals surface area contributed by atoms with Crippen molar-refractivity contribution in [3.63, 3.8) is 0 Å². The highest BCUT2D eigenvalue weighted by Gasteiger charge is 2.30. The number of hydrogen-bond donors (Lipinski definition) is 1. The minimum atomic E-state index is -0.463. The molecule has 0 radical (unpaired) electrons. The Kier molecular flexibility index (Phi) is 6.11. The second-order valence-electron chi connectivity index (χ2n) is 6.88. The quantitative estimate of drug-likeness (QED) is 0.838. The molecule has 1 unspecified atom stereocenters. The van der Waals surface area contributed by atoms with Gasteiger partial charge in [-0.15, -0.1) is 0 Å². The van der Waals surface area contributed by atoms with E-state index in [9.17, 15) is 18.8 Å². The van der Waals surface area contributed by atoms with E-state index in [0.29, 0.717) is 11.4 Å². The van der Waals surface area contributed by atoms with Crippen LogP contribution in [0.1, 0.15) is 13.3 Å². The molecular formula is C21H22FN3O4. The minimum Gasteiger partial charge on any atom is -0.484 e. The summed E-state index contributed by atoms with van der Waals surface area (Å²) in [5, 5.41) is 2.79. The fourth-order valence-electron chi connectivity index (χ4n) is 3.15. The number of para-hydroxylation sites is 2. The maximum absolute atomic E-state index is 13.2. The van der Waals surface area contributed by atoms with Crippen LogP contribution in [-0.2, 0) is 14.4 Å². The second kappa shape index (κ2) is 8.72. The number of carbonyl (C=O) groups is 3. The molecule has 29 heavy (non-hydrogen) atoms. The van der Waals surface area contributed by atoms with Gasteiger partial charge in [0, 0.05) is 25.6 Å². The van der Waals surface area contributed by atoms with E-state index in [0.717, 1.165) is 0 Å². The van der Waals surface area contributed by atoms with Gasteiger partial charge in [0.1, 0.15) is 11.6 Å². The van der Waals surface area contributed by atoms with Crippen molar-refractivity contribution in [2.75, 3.05) is 30.4 Å². The van der Waals surface area contributed by atoms with E-state index in [1.807, 2.05) is 0 Å². The third kappa shape index (κ3) is 4.90. The third-order valence-electron chi connectivity index (χ3n) is 4.58. The Bertz CT molecular complexity index is 934. The Morgan fingerprint density at radius 1 is 1.24 bits per heavy atom. The van der Waals surface area contributed by atoms with Gasteiger partial charge in [-0.1, -0.05) is 18.2 Å². The topological polar surface area (TPSA) is 79.0 Å². The summed E-state index contributed by atoms with van der Waals surface area (Å²) < 4.78 is 18.5. The lowest BCUT2D eigenvalue weighted by atomic mass is 10.1. The van der Waals surface area contributed by atoms with Crippen LogP contribution >= 0.6 is 0 Å². The molecule has 1 heterocycles. The first-order chi connectivity index (χ1) is 13.8. The normalized spacial score (nSPS) is 15.8. The molecule has 152 valence electrons. The van der Waals surface area contributed by atoms with Gasteiger partial charge < -0.3 is 19.9 Å². The largest absolute Gasteiger partial charge is 0.484 e. The Labute approximate surface area is 168 Å². The average molecular weight is 399 g/mol. The van der Waals surface area contributed by atoms with Crippen LogP contribution in [0.5, 0.6) is 5.75 Å². The van der Waals surface area contributed by atoms with Crippen molar-refractivity contribution in [3.8, 4) is 5.75 Å². The summed E-state index contributed by atoms with van der Waals surface area (Å²) in [5.41, 5.74) is 1.14. The number of likely N-dealkylation sites (N-methyl/N-ethyl adjacent to an activating group) is 1. The molecule has 0 fully saturated rings. The number of nitrogens with zero attached hydrogens (tertiary/aromatic N) is 2. The van der Waals surface area contributed by atoms with Gasteiger partial charge >= 0.3 is 0 Å². The third-order valence-corrected chi connectivity index (χ3v) is 4.58.